The van der Waals surface area contributed by atoms with Crippen LogP contribution >= 0.6 is 0 Å². The lowest BCUT2D eigenvalue weighted by Gasteiger charge is -2.34. The van der Waals surface area contributed by atoms with E-state index in [1.54, 1.807) is 6.07 Å². The minimum atomic E-state index is -0.740. The number of amides is 1. The smallest absolute Gasteiger partial charge is 0.404 e. The Morgan fingerprint density at radius 3 is 2.67 bits per heavy atom. The predicted molar refractivity (Wildman–Crippen MR) is 67.0 cm³/mol. The van der Waals surface area contributed by atoms with Gasteiger partial charge in [0, 0.05) is 25.9 Å². The second-order valence-electron chi connectivity index (χ2n) is 4.53. The Morgan fingerprint density at radius 2 is 2.11 bits per heavy atom. The Bertz CT molecular complexity index is 422. The number of nitrogens with zero attached hydrogens (tertiary/aromatic N) is 1. The van der Waals surface area contributed by atoms with Gasteiger partial charge >= 0.3 is 6.09 Å². The molecular weight excluding hydrogens is 235 g/mol. The molecule has 1 aromatic rings. The summed E-state index contributed by atoms with van der Waals surface area (Å²) in [6.07, 6.45) is 0.467. The van der Waals surface area contributed by atoms with Gasteiger partial charge in [0.1, 0.15) is 11.9 Å². The van der Waals surface area contributed by atoms with Crippen LogP contribution in [0.5, 0.6) is 0 Å². The number of aryl methyl sites for hydroxylation is 1. The molecule has 1 saturated heterocycles. The number of carbonyl (C=O) groups is 1. The molecule has 1 fully saturated rings. The molecule has 4 nitrogen and oxygen atoms in total. The number of primary amides is 1. The number of hydrogen-bond donors (Lipinski definition) is 1. The van der Waals surface area contributed by atoms with Crippen LogP contribution in [-0.4, -0.2) is 25.3 Å². The van der Waals surface area contributed by atoms with Crippen molar-refractivity contribution in [3.63, 3.8) is 0 Å². The van der Waals surface area contributed by atoms with Crippen LogP contribution < -0.4 is 10.6 Å². The average molecular weight is 252 g/mol. The third-order valence-corrected chi connectivity index (χ3v) is 3.23. The zero-order chi connectivity index (χ0) is 13.1. The second kappa shape index (κ2) is 5.25. The summed E-state index contributed by atoms with van der Waals surface area (Å²) < 4.78 is 18.7. The van der Waals surface area contributed by atoms with Crippen molar-refractivity contribution < 1.29 is 13.9 Å². The van der Waals surface area contributed by atoms with Gasteiger partial charge in [-0.3, -0.25) is 0 Å². The summed E-state index contributed by atoms with van der Waals surface area (Å²) in [5, 5.41) is 0. The van der Waals surface area contributed by atoms with Crippen LogP contribution in [0.3, 0.4) is 0 Å². The van der Waals surface area contributed by atoms with Crippen molar-refractivity contribution >= 4 is 11.8 Å². The van der Waals surface area contributed by atoms with Crippen molar-refractivity contribution in [3.05, 3.63) is 29.6 Å². The number of piperidine rings is 1. The van der Waals surface area contributed by atoms with Crippen LogP contribution in [0.2, 0.25) is 0 Å². The molecule has 98 valence electrons. The molecule has 0 radical (unpaired) electrons. The van der Waals surface area contributed by atoms with E-state index in [0.29, 0.717) is 31.6 Å². The van der Waals surface area contributed by atoms with Gasteiger partial charge in [0.05, 0.1) is 5.69 Å². The first-order chi connectivity index (χ1) is 8.58. The van der Waals surface area contributed by atoms with Crippen molar-refractivity contribution in [3.8, 4) is 0 Å². The number of halogens is 1. The maximum atomic E-state index is 13.8. The lowest BCUT2D eigenvalue weighted by Crippen LogP contribution is -2.39. The number of ether oxygens (including phenoxy) is 1. The van der Waals surface area contributed by atoms with Gasteiger partial charge < -0.3 is 15.4 Å². The molecule has 0 aliphatic carbocycles. The van der Waals surface area contributed by atoms with E-state index < -0.39 is 6.09 Å². The largest absolute Gasteiger partial charge is 0.446 e. The number of benzene rings is 1. The highest BCUT2D eigenvalue weighted by atomic mass is 19.1. The first kappa shape index (κ1) is 12.7. The molecule has 0 atom stereocenters. The molecule has 18 heavy (non-hydrogen) atoms. The van der Waals surface area contributed by atoms with Gasteiger partial charge in [0.2, 0.25) is 0 Å². The molecule has 2 N–H and O–H groups in total. The van der Waals surface area contributed by atoms with Crippen molar-refractivity contribution in [2.75, 3.05) is 18.0 Å². The minimum absolute atomic E-state index is 0.147. The van der Waals surface area contributed by atoms with E-state index in [0.717, 1.165) is 5.56 Å². The Balaban J connectivity index is 2.03. The second-order valence-corrected chi connectivity index (χ2v) is 4.53. The monoisotopic (exact) mass is 252 g/mol. The fraction of sp³-hybridized carbons (Fsp3) is 0.462. The van der Waals surface area contributed by atoms with Crippen LogP contribution in [0.25, 0.3) is 0 Å². The van der Waals surface area contributed by atoms with Gasteiger partial charge in [-0.25, -0.2) is 9.18 Å². The Kier molecular flexibility index (Phi) is 3.69. The van der Waals surface area contributed by atoms with Crippen molar-refractivity contribution in [2.45, 2.75) is 25.9 Å². The van der Waals surface area contributed by atoms with Gasteiger partial charge in [-0.1, -0.05) is 12.1 Å². The Labute approximate surface area is 106 Å². The number of anilines is 1. The quantitative estimate of drug-likeness (QED) is 0.877. The first-order valence-corrected chi connectivity index (χ1v) is 6.04. The molecule has 1 amide bonds. The van der Waals surface area contributed by atoms with Crippen molar-refractivity contribution in [1.29, 1.82) is 0 Å². The number of para-hydroxylation sites is 1. The summed E-state index contributed by atoms with van der Waals surface area (Å²) in [4.78, 5) is 12.6. The van der Waals surface area contributed by atoms with E-state index in [9.17, 15) is 9.18 Å². The zero-order valence-corrected chi connectivity index (χ0v) is 10.4. The van der Waals surface area contributed by atoms with E-state index in [2.05, 4.69) is 0 Å². The Morgan fingerprint density at radius 1 is 1.44 bits per heavy atom. The molecule has 0 unspecified atom stereocenters. The molecule has 0 bridgehead atoms. The maximum Gasteiger partial charge on any atom is 0.404 e. The summed E-state index contributed by atoms with van der Waals surface area (Å²) in [7, 11) is 0. The minimum Gasteiger partial charge on any atom is -0.446 e. The van der Waals surface area contributed by atoms with Crippen molar-refractivity contribution in [1.82, 2.24) is 0 Å². The number of carbonyl (C=O) groups excluding carboxylic acids is 1. The molecule has 0 aromatic heterocycles. The van der Waals surface area contributed by atoms with Crippen LogP contribution in [0, 0.1) is 12.7 Å². The molecule has 0 saturated carbocycles. The van der Waals surface area contributed by atoms with Crippen molar-refractivity contribution in [2.24, 2.45) is 5.73 Å². The van der Waals surface area contributed by atoms with E-state index in [1.165, 1.54) is 6.07 Å². The fourth-order valence-corrected chi connectivity index (χ4v) is 2.39. The van der Waals surface area contributed by atoms with Gasteiger partial charge in [0.25, 0.3) is 0 Å². The molecule has 2 rings (SSSR count). The van der Waals surface area contributed by atoms with Gasteiger partial charge in [0.15, 0.2) is 0 Å². The zero-order valence-electron chi connectivity index (χ0n) is 10.4. The van der Waals surface area contributed by atoms with E-state index in [-0.39, 0.29) is 11.9 Å². The standard InChI is InChI=1S/C13H17FN2O2/c1-9-3-2-4-11(14)12(9)16-7-5-10(6-8-16)18-13(15)17/h2-4,10H,5-8H2,1H3,(H2,15,17). The molecule has 1 aliphatic heterocycles. The van der Waals surface area contributed by atoms with E-state index in [1.807, 2.05) is 17.9 Å². The number of rotatable bonds is 2. The van der Waals surface area contributed by atoms with Crippen LogP contribution in [0.15, 0.2) is 18.2 Å². The third kappa shape index (κ3) is 2.72. The maximum absolute atomic E-state index is 13.8. The SMILES string of the molecule is Cc1cccc(F)c1N1CCC(OC(N)=O)CC1. The van der Waals surface area contributed by atoms with Crippen LogP contribution in [-0.2, 0) is 4.74 Å². The molecule has 5 heteroatoms. The van der Waals surface area contributed by atoms with E-state index in [4.69, 9.17) is 10.5 Å². The first-order valence-electron chi connectivity index (χ1n) is 6.04. The summed E-state index contributed by atoms with van der Waals surface area (Å²) >= 11 is 0. The van der Waals surface area contributed by atoms with Gasteiger partial charge in [-0.2, -0.15) is 0 Å². The molecule has 0 spiro atoms. The fourth-order valence-electron chi connectivity index (χ4n) is 2.39. The van der Waals surface area contributed by atoms with Gasteiger partial charge in [-0.05, 0) is 18.6 Å². The average Bonchev–Trinajstić information content (AvgIpc) is 2.30. The van der Waals surface area contributed by atoms with Crippen LogP contribution in [0.1, 0.15) is 18.4 Å². The van der Waals surface area contributed by atoms with E-state index >= 15 is 0 Å². The summed E-state index contributed by atoms with van der Waals surface area (Å²) in [5.74, 6) is -0.204. The lowest BCUT2D eigenvalue weighted by atomic mass is 10.1. The molecule has 1 aliphatic rings. The summed E-state index contributed by atoms with van der Waals surface area (Å²) in [5.41, 5.74) is 6.55. The molecule has 1 heterocycles. The lowest BCUT2D eigenvalue weighted by molar-refractivity contribution is 0.0911. The van der Waals surface area contributed by atoms with Gasteiger partial charge in [-0.15, -0.1) is 0 Å². The topological polar surface area (TPSA) is 55.6 Å². The highest BCUT2D eigenvalue weighted by Crippen LogP contribution is 2.27. The number of nitrogens with two attached hydrogens (primary N) is 1. The number of hydrogen-bond acceptors (Lipinski definition) is 3. The normalized spacial score (nSPS) is 16.7. The predicted octanol–water partition coefficient (Wildman–Crippen LogP) is 2.20. The molecule has 1 aromatic carbocycles. The summed E-state index contributed by atoms with van der Waals surface area (Å²) in [6, 6.07) is 5.07. The summed E-state index contributed by atoms with van der Waals surface area (Å²) in [6.45, 7) is 3.23. The third-order valence-electron chi connectivity index (χ3n) is 3.23. The van der Waals surface area contributed by atoms with Crippen LogP contribution in [0.4, 0.5) is 14.9 Å². The highest BCUT2D eigenvalue weighted by Gasteiger charge is 2.24. The Hall–Kier alpha value is -1.78. The molecular formula is C13H17FN2O2. The highest BCUT2D eigenvalue weighted by molar-refractivity contribution is 5.64.